The number of carbonyl (C=O) groups excluding carboxylic acids is 2. The molecule has 3 aromatic carbocycles. The Morgan fingerprint density at radius 2 is 1.08 bits per heavy atom. The van der Waals surface area contributed by atoms with Crippen molar-refractivity contribution in [2.75, 3.05) is 37.1 Å². The maximum atomic E-state index is 12.9. The lowest BCUT2D eigenvalue weighted by Crippen LogP contribution is -2.18. The molecule has 2 atom stereocenters. The second kappa shape index (κ2) is 12.6. The van der Waals surface area contributed by atoms with E-state index in [1.807, 2.05) is 36.4 Å². The number of ether oxygens (including phenoxy) is 4. The molecule has 2 fully saturated rings. The normalized spacial score (nSPS) is 18.6. The molecule has 2 aliphatic heterocycles. The molecule has 0 aliphatic carbocycles. The van der Waals surface area contributed by atoms with Crippen LogP contribution in [0.5, 0.6) is 11.5 Å². The average molecular weight is 517 g/mol. The molecule has 0 bridgehead atoms. The largest absolute Gasteiger partial charge is 0.489 e. The Morgan fingerprint density at radius 1 is 0.658 bits per heavy atom. The standard InChI is InChI=1S/C30H32N2O6/c33-29(31-25-9-1-3-11-27(25)37-19-23-7-5-17-35-23)21-13-15-22(16-14-21)30(34)32-26-10-2-4-12-28(26)38-20-24-8-6-18-36-24/h1-4,9-16,23-24H,5-8,17-20H2,(H,31,33)(H,32,34). The molecular formula is C30H32N2O6. The molecule has 3 aromatic rings. The Bertz CT molecular complexity index is 1140. The highest BCUT2D eigenvalue weighted by molar-refractivity contribution is 6.07. The van der Waals surface area contributed by atoms with Crippen LogP contribution in [0.3, 0.4) is 0 Å². The van der Waals surface area contributed by atoms with Gasteiger partial charge in [-0.3, -0.25) is 9.59 Å². The lowest BCUT2D eigenvalue weighted by Gasteiger charge is -2.15. The lowest BCUT2D eigenvalue weighted by molar-refractivity contribution is 0.0681. The van der Waals surface area contributed by atoms with Crippen LogP contribution in [0.25, 0.3) is 0 Å². The minimum Gasteiger partial charge on any atom is -0.489 e. The molecule has 0 saturated carbocycles. The first-order valence-electron chi connectivity index (χ1n) is 13.1. The third kappa shape index (κ3) is 6.70. The molecular weight excluding hydrogens is 484 g/mol. The SMILES string of the molecule is O=C(Nc1ccccc1OCC1CCCO1)c1ccc(C(=O)Nc2ccccc2OCC2CCCO2)cc1. The highest BCUT2D eigenvalue weighted by Crippen LogP contribution is 2.27. The molecule has 38 heavy (non-hydrogen) atoms. The monoisotopic (exact) mass is 516 g/mol. The zero-order valence-corrected chi connectivity index (χ0v) is 21.2. The average Bonchev–Trinajstić information content (AvgIpc) is 3.67. The first-order valence-corrected chi connectivity index (χ1v) is 13.1. The van der Waals surface area contributed by atoms with Crippen LogP contribution in [-0.2, 0) is 9.47 Å². The van der Waals surface area contributed by atoms with Crippen molar-refractivity contribution >= 4 is 23.2 Å². The van der Waals surface area contributed by atoms with E-state index in [0.717, 1.165) is 38.9 Å². The molecule has 2 N–H and O–H groups in total. The number of rotatable bonds is 10. The molecule has 5 rings (SSSR count). The van der Waals surface area contributed by atoms with E-state index in [-0.39, 0.29) is 24.0 Å². The number of amides is 2. The van der Waals surface area contributed by atoms with Crippen molar-refractivity contribution in [3.8, 4) is 11.5 Å². The van der Waals surface area contributed by atoms with Crippen LogP contribution in [0.1, 0.15) is 46.4 Å². The molecule has 2 heterocycles. The molecule has 8 heteroatoms. The van der Waals surface area contributed by atoms with Crippen molar-refractivity contribution in [2.45, 2.75) is 37.9 Å². The summed E-state index contributed by atoms with van der Waals surface area (Å²) in [6.45, 7) is 2.41. The van der Waals surface area contributed by atoms with E-state index in [1.165, 1.54) is 0 Å². The van der Waals surface area contributed by atoms with Crippen molar-refractivity contribution in [1.82, 2.24) is 0 Å². The second-order valence-electron chi connectivity index (χ2n) is 9.37. The molecule has 0 spiro atoms. The van der Waals surface area contributed by atoms with Crippen LogP contribution in [0, 0.1) is 0 Å². The Labute approximate surface area is 222 Å². The lowest BCUT2D eigenvalue weighted by atomic mass is 10.1. The van der Waals surface area contributed by atoms with E-state index < -0.39 is 0 Å². The summed E-state index contributed by atoms with van der Waals surface area (Å²) in [6, 6.07) is 21.1. The number of nitrogens with one attached hydrogen (secondary N) is 2. The topological polar surface area (TPSA) is 95.1 Å². The van der Waals surface area contributed by atoms with E-state index in [1.54, 1.807) is 36.4 Å². The molecule has 2 saturated heterocycles. The number of carbonyl (C=O) groups is 2. The maximum Gasteiger partial charge on any atom is 0.255 e. The van der Waals surface area contributed by atoms with Crippen LogP contribution in [-0.4, -0.2) is 50.4 Å². The van der Waals surface area contributed by atoms with Gasteiger partial charge in [0.05, 0.1) is 23.6 Å². The van der Waals surface area contributed by atoms with Gasteiger partial charge < -0.3 is 29.6 Å². The van der Waals surface area contributed by atoms with E-state index in [2.05, 4.69) is 10.6 Å². The maximum absolute atomic E-state index is 12.9. The minimum atomic E-state index is -0.294. The van der Waals surface area contributed by atoms with Crippen molar-refractivity contribution in [3.05, 3.63) is 83.9 Å². The summed E-state index contributed by atoms with van der Waals surface area (Å²) in [5.41, 5.74) is 2.01. The third-order valence-electron chi connectivity index (χ3n) is 6.58. The van der Waals surface area contributed by atoms with Gasteiger partial charge in [0.25, 0.3) is 11.8 Å². The van der Waals surface area contributed by atoms with Gasteiger partial charge in [-0.1, -0.05) is 24.3 Å². The van der Waals surface area contributed by atoms with E-state index in [0.29, 0.717) is 47.2 Å². The predicted molar refractivity (Wildman–Crippen MR) is 144 cm³/mol. The molecule has 0 aromatic heterocycles. The number of hydrogen-bond donors (Lipinski definition) is 2. The molecule has 2 aliphatic rings. The zero-order chi connectivity index (χ0) is 26.2. The zero-order valence-electron chi connectivity index (χ0n) is 21.2. The fourth-order valence-corrected chi connectivity index (χ4v) is 4.47. The van der Waals surface area contributed by atoms with E-state index >= 15 is 0 Å². The minimum absolute atomic E-state index is 0.0808. The summed E-state index contributed by atoms with van der Waals surface area (Å²) in [4.78, 5) is 25.8. The Morgan fingerprint density at radius 3 is 1.47 bits per heavy atom. The summed E-state index contributed by atoms with van der Waals surface area (Å²) in [5.74, 6) is 0.594. The number of para-hydroxylation sites is 4. The Kier molecular flexibility index (Phi) is 8.53. The van der Waals surface area contributed by atoms with Crippen LogP contribution >= 0.6 is 0 Å². The van der Waals surface area contributed by atoms with Crippen LogP contribution in [0.2, 0.25) is 0 Å². The van der Waals surface area contributed by atoms with Gasteiger partial charge >= 0.3 is 0 Å². The van der Waals surface area contributed by atoms with Crippen LogP contribution < -0.4 is 20.1 Å². The molecule has 198 valence electrons. The van der Waals surface area contributed by atoms with Gasteiger partial charge in [0.1, 0.15) is 24.7 Å². The van der Waals surface area contributed by atoms with Gasteiger partial charge in [-0.15, -0.1) is 0 Å². The first-order chi connectivity index (χ1) is 18.7. The fraction of sp³-hybridized carbons (Fsp3) is 0.333. The smallest absolute Gasteiger partial charge is 0.255 e. The third-order valence-corrected chi connectivity index (χ3v) is 6.58. The highest BCUT2D eigenvalue weighted by Gasteiger charge is 2.19. The van der Waals surface area contributed by atoms with Crippen molar-refractivity contribution in [3.63, 3.8) is 0 Å². The van der Waals surface area contributed by atoms with Gasteiger partial charge in [-0.2, -0.15) is 0 Å². The number of hydrogen-bond acceptors (Lipinski definition) is 6. The van der Waals surface area contributed by atoms with Gasteiger partial charge in [0.2, 0.25) is 0 Å². The van der Waals surface area contributed by atoms with Gasteiger partial charge in [0, 0.05) is 24.3 Å². The quantitative estimate of drug-likeness (QED) is 0.379. The fourth-order valence-electron chi connectivity index (χ4n) is 4.47. The van der Waals surface area contributed by atoms with Crippen LogP contribution in [0.4, 0.5) is 11.4 Å². The van der Waals surface area contributed by atoms with Gasteiger partial charge in [-0.25, -0.2) is 0 Å². The Hall–Kier alpha value is -3.88. The number of benzene rings is 3. The molecule has 2 unspecified atom stereocenters. The van der Waals surface area contributed by atoms with Crippen molar-refractivity contribution in [2.24, 2.45) is 0 Å². The number of anilines is 2. The molecule has 0 radical (unpaired) electrons. The van der Waals surface area contributed by atoms with E-state index in [9.17, 15) is 9.59 Å². The second-order valence-corrected chi connectivity index (χ2v) is 9.37. The summed E-state index contributed by atoms with van der Waals surface area (Å²) in [6.07, 6.45) is 4.19. The molecule has 8 nitrogen and oxygen atoms in total. The molecule has 2 amide bonds. The summed E-state index contributed by atoms with van der Waals surface area (Å²) in [7, 11) is 0. The highest BCUT2D eigenvalue weighted by atomic mass is 16.5. The summed E-state index contributed by atoms with van der Waals surface area (Å²) >= 11 is 0. The summed E-state index contributed by atoms with van der Waals surface area (Å²) in [5, 5.41) is 5.81. The summed E-state index contributed by atoms with van der Waals surface area (Å²) < 4.78 is 23.1. The van der Waals surface area contributed by atoms with Gasteiger partial charge in [-0.05, 0) is 74.2 Å². The Balaban J connectivity index is 1.18. The van der Waals surface area contributed by atoms with Crippen molar-refractivity contribution < 1.29 is 28.5 Å². The van der Waals surface area contributed by atoms with Crippen LogP contribution in [0.15, 0.2) is 72.8 Å². The van der Waals surface area contributed by atoms with Gasteiger partial charge in [0.15, 0.2) is 0 Å². The first kappa shape index (κ1) is 25.8. The predicted octanol–water partition coefficient (Wildman–Crippen LogP) is 5.31. The van der Waals surface area contributed by atoms with Crippen molar-refractivity contribution in [1.29, 1.82) is 0 Å². The van der Waals surface area contributed by atoms with E-state index in [4.69, 9.17) is 18.9 Å².